The van der Waals surface area contributed by atoms with E-state index in [9.17, 15) is 4.79 Å². The van der Waals surface area contributed by atoms with E-state index in [0.717, 1.165) is 18.4 Å². The molecular formula is C8H9ClO2. The molecule has 11 heavy (non-hydrogen) atoms. The van der Waals surface area contributed by atoms with Crippen molar-refractivity contribution in [3.8, 4) is 0 Å². The fraction of sp³-hybridized carbons (Fsp3) is 0.375. The quantitative estimate of drug-likeness (QED) is 0.609. The van der Waals surface area contributed by atoms with Crippen molar-refractivity contribution >= 4 is 17.6 Å². The molecule has 0 fully saturated rings. The molecule has 3 heteroatoms. The average Bonchev–Trinajstić information content (AvgIpc) is 1.79. The standard InChI is InChI=1S/C8H9ClO2/c1-6(9)5-11-8(10)7-3-2-4-7/h3H,1-2,4-5H2. The van der Waals surface area contributed by atoms with E-state index < -0.39 is 0 Å². The molecule has 1 aliphatic carbocycles. The first-order valence-electron chi connectivity index (χ1n) is 3.39. The summed E-state index contributed by atoms with van der Waals surface area (Å²) < 4.78 is 4.77. The lowest BCUT2D eigenvalue weighted by Gasteiger charge is -2.12. The number of hydrogen-bond acceptors (Lipinski definition) is 2. The van der Waals surface area contributed by atoms with Gasteiger partial charge in [-0.2, -0.15) is 0 Å². The number of hydrogen-bond donors (Lipinski definition) is 0. The highest BCUT2D eigenvalue weighted by molar-refractivity contribution is 6.29. The summed E-state index contributed by atoms with van der Waals surface area (Å²) in [4.78, 5) is 10.9. The summed E-state index contributed by atoms with van der Waals surface area (Å²) in [6.07, 6.45) is 3.67. The van der Waals surface area contributed by atoms with E-state index in [4.69, 9.17) is 16.3 Å². The number of carbonyl (C=O) groups excluding carboxylic acids is 1. The van der Waals surface area contributed by atoms with Crippen LogP contribution in [0.25, 0.3) is 0 Å². The Morgan fingerprint density at radius 1 is 1.82 bits per heavy atom. The number of allylic oxidation sites excluding steroid dienone is 1. The molecule has 0 unspecified atom stereocenters. The molecule has 0 saturated carbocycles. The van der Waals surface area contributed by atoms with Crippen LogP contribution in [-0.4, -0.2) is 12.6 Å². The van der Waals surface area contributed by atoms with Crippen molar-refractivity contribution in [1.82, 2.24) is 0 Å². The number of esters is 1. The zero-order valence-electron chi connectivity index (χ0n) is 6.10. The summed E-state index contributed by atoms with van der Waals surface area (Å²) >= 11 is 5.40. The molecule has 60 valence electrons. The van der Waals surface area contributed by atoms with Crippen LogP contribution in [-0.2, 0) is 9.53 Å². The van der Waals surface area contributed by atoms with Gasteiger partial charge in [0.2, 0.25) is 0 Å². The van der Waals surface area contributed by atoms with E-state index in [-0.39, 0.29) is 12.6 Å². The minimum Gasteiger partial charge on any atom is -0.457 e. The monoisotopic (exact) mass is 172 g/mol. The molecule has 1 rings (SSSR count). The highest BCUT2D eigenvalue weighted by Gasteiger charge is 2.15. The van der Waals surface area contributed by atoms with Gasteiger partial charge in [-0.05, 0) is 12.8 Å². The molecule has 0 spiro atoms. The van der Waals surface area contributed by atoms with E-state index in [1.807, 2.05) is 6.08 Å². The van der Waals surface area contributed by atoms with Crippen molar-refractivity contribution in [2.24, 2.45) is 0 Å². The molecule has 0 heterocycles. The molecule has 0 amide bonds. The van der Waals surface area contributed by atoms with E-state index in [1.54, 1.807) is 0 Å². The Morgan fingerprint density at radius 3 is 2.82 bits per heavy atom. The van der Waals surface area contributed by atoms with Crippen molar-refractivity contribution in [3.05, 3.63) is 23.3 Å². The van der Waals surface area contributed by atoms with Crippen LogP contribution in [0.1, 0.15) is 12.8 Å². The van der Waals surface area contributed by atoms with Crippen molar-refractivity contribution in [3.63, 3.8) is 0 Å². The summed E-state index contributed by atoms with van der Waals surface area (Å²) in [5.41, 5.74) is 0.753. The van der Waals surface area contributed by atoms with E-state index in [2.05, 4.69) is 6.58 Å². The zero-order valence-corrected chi connectivity index (χ0v) is 6.86. The number of ether oxygens (including phenoxy) is 1. The van der Waals surface area contributed by atoms with Crippen LogP contribution in [0.15, 0.2) is 23.3 Å². The molecule has 2 nitrogen and oxygen atoms in total. The van der Waals surface area contributed by atoms with Crippen molar-refractivity contribution in [1.29, 1.82) is 0 Å². The van der Waals surface area contributed by atoms with Gasteiger partial charge in [0.25, 0.3) is 0 Å². The van der Waals surface area contributed by atoms with Crippen LogP contribution in [0.3, 0.4) is 0 Å². The minimum absolute atomic E-state index is 0.109. The van der Waals surface area contributed by atoms with Gasteiger partial charge < -0.3 is 4.74 Å². The van der Waals surface area contributed by atoms with Crippen LogP contribution in [0, 0.1) is 0 Å². The molecular weight excluding hydrogens is 164 g/mol. The molecule has 0 N–H and O–H groups in total. The molecule has 0 saturated heterocycles. The second-order valence-corrected chi connectivity index (χ2v) is 2.90. The summed E-state index contributed by atoms with van der Waals surface area (Å²) in [6.45, 7) is 3.51. The SMILES string of the molecule is C=C(Cl)COC(=O)C1=CCC1. The van der Waals surface area contributed by atoms with Gasteiger partial charge in [0.1, 0.15) is 6.61 Å². The maximum atomic E-state index is 10.9. The zero-order chi connectivity index (χ0) is 8.27. The number of rotatable bonds is 3. The van der Waals surface area contributed by atoms with Gasteiger partial charge in [0.15, 0.2) is 0 Å². The fourth-order valence-electron chi connectivity index (χ4n) is 0.711. The topological polar surface area (TPSA) is 26.3 Å². The first kappa shape index (κ1) is 8.34. The Morgan fingerprint density at radius 2 is 2.45 bits per heavy atom. The second kappa shape index (κ2) is 3.58. The lowest BCUT2D eigenvalue weighted by molar-refractivity contribution is -0.138. The van der Waals surface area contributed by atoms with Crippen LogP contribution >= 0.6 is 11.6 Å². The van der Waals surface area contributed by atoms with E-state index in [0.29, 0.717) is 5.03 Å². The number of carbonyl (C=O) groups is 1. The molecule has 0 radical (unpaired) electrons. The largest absolute Gasteiger partial charge is 0.457 e. The summed E-state index contributed by atoms with van der Waals surface area (Å²) in [5.74, 6) is -0.266. The third-order valence-corrected chi connectivity index (χ3v) is 1.54. The Labute approximate surface area is 70.5 Å². The van der Waals surface area contributed by atoms with Gasteiger partial charge in [0.05, 0.1) is 0 Å². The Hall–Kier alpha value is -0.760. The molecule has 0 aromatic heterocycles. The first-order valence-corrected chi connectivity index (χ1v) is 3.77. The molecule has 0 atom stereocenters. The minimum atomic E-state index is -0.266. The van der Waals surface area contributed by atoms with Crippen LogP contribution < -0.4 is 0 Å². The Kier molecular flexibility index (Phi) is 2.71. The molecule has 0 aliphatic heterocycles. The lowest BCUT2D eigenvalue weighted by Crippen LogP contribution is -2.12. The smallest absolute Gasteiger partial charge is 0.334 e. The molecule has 0 aromatic carbocycles. The highest BCUT2D eigenvalue weighted by Crippen LogP contribution is 2.19. The third kappa shape index (κ3) is 2.39. The van der Waals surface area contributed by atoms with E-state index in [1.165, 1.54) is 0 Å². The van der Waals surface area contributed by atoms with Crippen LogP contribution in [0.2, 0.25) is 0 Å². The molecule has 0 bridgehead atoms. The number of halogens is 1. The predicted octanol–water partition coefficient (Wildman–Crippen LogP) is 2.00. The average molecular weight is 173 g/mol. The second-order valence-electron chi connectivity index (χ2n) is 2.36. The summed E-state index contributed by atoms with van der Waals surface area (Å²) in [7, 11) is 0. The molecule has 0 aromatic rings. The summed E-state index contributed by atoms with van der Waals surface area (Å²) in [5, 5.41) is 0.346. The van der Waals surface area contributed by atoms with Gasteiger partial charge in [-0.25, -0.2) is 4.79 Å². The predicted molar refractivity (Wildman–Crippen MR) is 43.3 cm³/mol. The van der Waals surface area contributed by atoms with Crippen LogP contribution in [0.5, 0.6) is 0 Å². The highest BCUT2D eigenvalue weighted by atomic mass is 35.5. The van der Waals surface area contributed by atoms with Crippen molar-refractivity contribution < 1.29 is 9.53 Å². The van der Waals surface area contributed by atoms with Gasteiger partial charge in [-0.1, -0.05) is 24.3 Å². The fourth-order valence-corrected chi connectivity index (χ4v) is 0.765. The Bertz CT molecular complexity index is 218. The molecule has 1 aliphatic rings. The summed E-state index contributed by atoms with van der Waals surface area (Å²) in [6, 6.07) is 0. The van der Waals surface area contributed by atoms with E-state index >= 15 is 0 Å². The maximum Gasteiger partial charge on any atom is 0.334 e. The van der Waals surface area contributed by atoms with Gasteiger partial charge in [0, 0.05) is 10.6 Å². The lowest BCUT2D eigenvalue weighted by atomic mass is 10.00. The van der Waals surface area contributed by atoms with Crippen LogP contribution in [0.4, 0.5) is 0 Å². The van der Waals surface area contributed by atoms with Gasteiger partial charge >= 0.3 is 5.97 Å². The Balaban J connectivity index is 2.26. The van der Waals surface area contributed by atoms with Crippen molar-refractivity contribution in [2.75, 3.05) is 6.61 Å². The first-order chi connectivity index (χ1) is 5.20. The van der Waals surface area contributed by atoms with Gasteiger partial charge in [-0.3, -0.25) is 0 Å². The van der Waals surface area contributed by atoms with Gasteiger partial charge in [-0.15, -0.1) is 0 Å². The normalized spacial score (nSPS) is 14.8. The maximum absolute atomic E-state index is 10.9. The van der Waals surface area contributed by atoms with Crippen molar-refractivity contribution in [2.45, 2.75) is 12.8 Å². The third-order valence-electron chi connectivity index (χ3n) is 1.43.